The van der Waals surface area contributed by atoms with Gasteiger partial charge in [-0.05, 0) is 60.4 Å². The Hall–Kier alpha value is -2.96. The monoisotopic (exact) mass is 702 g/mol. The fraction of sp³-hybridized carbons (Fsp3) is 0.290. The molecule has 0 N–H and O–H groups in total. The van der Waals surface area contributed by atoms with Crippen molar-refractivity contribution in [2.75, 3.05) is 32.3 Å². The number of rotatable bonds is 8. The molecule has 4 aromatic rings. The number of methoxy groups -OCH3 is 2. The van der Waals surface area contributed by atoms with Crippen molar-refractivity contribution in [3.63, 3.8) is 0 Å². The molecule has 0 bridgehead atoms. The van der Waals surface area contributed by atoms with Crippen LogP contribution in [0.1, 0.15) is 42.9 Å². The summed E-state index contributed by atoms with van der Waals surface area (Å²) in [7, 11) is -0.247. The van der Waals surface area contributed by atoms with E-state index in [-0.39, 0.29) is 23.0 Å². The van der Waals surface area contributed by atoms with Crippen molar-refractivity contribution in [1.82, 2.24) is 9.29 Å². The van der Waals surface area contributed by atoms with Crippen molar-refractivity contribution < 1.29 is 17.9 Å². The zero-order valence-electron chi connectivity index (χ0n) is 23.8. The highest BCUT2D eigenvalue weighted by Crippen LogP contribution is 2.41. The topological polar surface area (TPSA) is 84.3 Å². The van der Waals surface area contributed by atoms with Gasteiger partial charge in [-0.15, -0.1) is 28.3 Å². The molecule has 3 heterocycles. The van der Waals surface area contributed by atoms with Crippen LogP contribution in [-0.4, -0.2) is 50.7 Å². The van der Waals surface area contributed by atoms with E-state index >= 15 is 0 Å². The molecular formula is C31H32BrClN4O4S2. The molecule has 0 radical (unpaired) electrons. The van der Waals surface area contributed by atoms with Gasteiger partial charge in [-0.25, -0.2) is 18.4 Å². The van der Waals surface area contributed by atoms with Crippen LogP contribution in [0.5, 0.6) is 11.5 Å². The highest BCUT2D eigenvalue weighted by atomic mass is 79.9. The van der Waals surface area contributed by atoms with Crippen LogP contribution in [0.15, 0.2) is 82.1 Å². The maximum absolute atomic E-state index is 13.1. The molecule has 226 valence electrons. The maximum atomic E-state index is 13.1. The predicted molar refractivity (Wildman–Crippen MR) is 178 cm³/mol. The lowest BCUT2D eigenvalue weighted by Gasteiger charge is -2.25. The molecule has 1 aromatic heterocycles. The molecule has 2 aliphatic rings. The van der Waals surface area contributed by atoms with Crippen LogP contribution < -0.4 is 14.5 Å². The number of piperidine rings is 1. The number of benzene rings is 3. The number of nitrogens with zero attached hydrogens (tertiary/aromatic N) is 4. The first-order valence-corrected chi connectivity index (χ1v) is 16.5. The number of sulfonamides is 1. The van der Waals surface area contributed by atoms with Crippen LogP contribution in [-0.2, 0) is 10.0 Å². The fourth-order valence-corrected chi connectivity index (χ4v) is 7.85. The number of hydrazone groups is 1. The zero-order valence-corrected chi connectivity index (χ0v) is 27.9. The average Bonchev–Trinajstić information content (AvgIpc) is 3.70. The third-order valence-electron chi connectivity index (χ3n) is 7.67. The Morgan fingerprint density at radius 2 is 1.56 bits per heavy atom. The lowest BCUT2D eigenvalue weighted by atomic mass is 9.98. The Kier molecular flexibility index (Phi) is 9.77. The molecule has 0 amide bonds. The van der Waals surface area contributed by atoms with Crippen molar-refractivity contribution in [2.24, 2.45) is 5.10 Å². The van der Waals surface area contributed by atoms with Gasteiger partial charge in [0.1, 0.15) is 0 Å². The number of hydrogen-bond donors (Lipinski definition) is 0. The van der Waals surface area contributed by atoms with Crippen molar-refractivity contribution in [3.8, 4) is 22.8 Å². The first-order valence-electron chi connectivity index (χ1n) is 13.8. The van der Waals surface area contributed by atoms with Crippen LogP contribution in [0.2, 0.25) is 5.02 Å². The first kappa shape index (κ1) is 31.5. The van der Waals surface area contributed by atoms with Gasteiger partial charge in [-0.1, -0.05) is 48.4 Å². The van der Waals surface area contributed by atoms with Gasteiger partial charge in [0.2, 0.25) is 15.2 Å². The lowest BCUT2D eigenvalue weighted by Crippen LogP contribution is -2.35. The molecule has 8 nitrogen and oxygen atoms in total. The smallest absolute Gasteiger partial charge is 0.243 e. The highest BCUT2D eigenvalue weighted by molar-refractivity contribution is 8.93. The molecular weight excluding hydrogens is 672 g/mol. The second-order valence-electron chi connectivity index (χ2n) is 10.2. The molecule has 0 aliphatic carbocycles. The quantitative estimate of drug-likeness (QED) is 0.188. The molecule has 1 atom stereocenters. The summed E-state index contributed by atoms with van der Waals surface area (Å²) in [4.78, 5) is 5.25. The third kappa shape index (κ3) is 6.46. The van der Waals surface area contributed by atoms with Crippen LogP contribution in [0.25, 0.3) is 11.3 Å². The Morgan fingerprint density at radius 1 is 0.884 bits per heavy atom. The summed E-state index contributed by atoms with van der Waals surface area (Å²) in [5.41, 5.74) is 4.55. The highest BCUT2D eigenvalue weighted by Gasteiger charge is 2.33. The molecule has 12 heteroatoms. The summed E-state index contributed by atoms with van der Waals surface area (Å²) in [6, 6.07) is 20.5. The molecule has 2 aliphatic heterocycles. The Labute approximate surface area is 271 Å². The Bertz CT molecular complexity index is 1710. The van der Waals surface area contributed by atoms with Gasteiger partial charge in [0, 0.05) is 35.5 Å². The van der Waals surface area contributed by atoms with E-state index in [0.717, 1.165) is 52.5 Å². The molecule has 1 saturated heterocycles. The van der Waals surface area contributed by atoms with Crippen molar-refractivity contribution in [3.05, 3.63) is 88.3 Å². The number of anilines is 1. The number of thiazole rings is 1. The maximum Gasteiger partial charge on any atom is 0.243 e. The van der Waals surface area contributed by atoms with Crippen LogP contribution in [0.3, 0.4) is 0 Å². The predicted octanol–water partition coefficient (Wildman–Crippen LogP) is 7.59. The Morgan fingerprint density at radius 3 is 2.23 bits per heavy atom. The largest absolute Gasteiger partial charge is 0.493 e. The minimum absolute atomic E-state index is 0. The van der Waals surface area contributed by atoms with E-state index < -0.39 is 10.0 Å². The van der Waals surface area contributed by atoms with Crippen molar-refractivity contribution in [1.29, 1.82) is 0 Å². The van der Waals surface area contributed by atoms with E-state index in [9.17, 15) is 8.42 Å². The van der Waals surface area contributed by atoms with E-state index in [4.69, 9.17) is 31.2 Å². The second-order valence-corrected chi connectivity index (χ2v) is 13.4. The van der Waals surface area contributed by atoms with E-state index in [1.165, 1.54) is 11.3 Å². The van der Waals surface area contributed by atoms with E-state index in [1.807, 2.05) is 65.0 Å². The summed E-state index contributed by atoms with van der Waals surface area (Å²) < 4.78 is 38.8. The normalized spacial score (nSPS) is 17.3. The second kappa shape index (κ2) is 13.4. The molecule has 0 saturated carbocycles. The lowest BCUT2D eigenvalue weighted by molar-refractivity contribution is 0.346. The Balaban J connectivity index is 0.00000368. The van der Waals surface area contributed by atoms with E-state index in [1.54, 1.807) is 30.7 Å². The molecule has 6 rings (SSSR count). The SMILES string of the molecule is Br.COc1ccc(C2CC(c3ccc(Cl)cc3)=NN2c2nc(-c3ccc(S(=O)(=O)N4CCCCC4)cc3)cs2)cc1OC. The number of halogens is 2. The van der Waals surface area contributed by atoms with Gasteiger partial charge < -0.3 is 9.47 Å². The van der Waals surface area contributed by atoms with Gasteiger partial charge in [0.15, 0.2) is 11.5 Å². The van der Waals surface area contributed by atoms with E-state index in [2.05, 4.69) is 0 Å². The molecule has 3 aromatic carbocycles. The van der Waals surface area contributed by atoms with Gasteiger partial charge in [0.25, 0.3) is 0 Å². The van der Waals surface area contributed by atoms with Gasteiger partial charge in [-0.3, -0.25) is 0 Å². The van der Waals surface area contributed by atoms with Gasteiger partial charge in [0.05, 0.1) is 36.6 Å². The summed E-state index contributed by atoms with van der Waals surface area (Å²) in [5, 5.41) is 10.4. The van der Waals surface area contributed by atoms with Crippen LogP contribution >= 0.6 is 39.9 Å². The fourth-order valence-electron chi connectivity index (χ4n) is 5.38. The molecule has 0 spiro atoms. The summed E-state index contributed by atoms with van der Waals surface area (Å²) >= 11 is 7.64. The molecule has 1 unspecified atom stereocenters. The number of ether oxygens (including phenoxy) is 2. The minimum atomic E-state index is -3.49. The number of aromatic nitrogens is 1. The summed E-state index contributed by atoms with van der Waals surface area (Å²) in [6.07, 6.45) is 3.55. The average molecular weight is 704 g/mol. The van der Waals surface area contributed by atoms with E-state index in [0.29, 0.717) is 40.9 Å². The summed E-state index contributed by atoms with van der Waals surface area (Å²) in [6.45, 7) is 1.16. The standard InChI is InChI=1S/C31H31ClN4O4S2.BrH/c1-39-29-15-10-23(18-30(29)40-2)28-19-26(21-6-11-24(32)12-7-21)34-36(28)31-33-27(20-41-31)22-8-13-25(14-9-22)42(37,38)35-16-4-3-5-17-35;/h6-15,18,20,28H,3-5,16-17,19H2,1-2H3;1H. The zero-order chi connectivity index (χ0) is 29.3. The van der Waals surface area contributed by atoms with Crippen molar-refractivity contribution in [2.45, 2.75) is 36.6 Å². The molecule has 1 fully saturated rings. The molecule has 43 heavy (non-hydrogen) atoms. The van der Waals surface area contributed by atoms with Crippen LogP contribution in [0, 0.1) is 0 Å². The minimum Gasteiger partial charge on any atom is -0.493 e. The van der Waals surface area contributed by atoms with Gasteiger partial charge >= 0.3 is 0 Å². The third-order valence-corrected chi connectivity index (χ3v) is 10.7. The number of hydrogen-bond acceptors (Lipinski definition) is 8. The van der Waals surface area contributed by atoms with Gasteiger partial charge in [-0.2, -0.15) is 9.41 Å². The summed E-state index contributed by atoms with van der Waals surface area (Å²) in [5.74, 6) is 1.31. The van der Waals surface area contributed by atoms with Crippen molar-refractivity contribution >= 4 is 60.8 Å². The van der Waals surface area contributed by atoms with Crippen LogP contribution in [0.4, 0.5) is 5.13 Å². The first-order chi connectivity index (χ1) is 20.4.